The predicted octanol–water partition coefficient (Wildman–Crippen LogP) is 0.946. The number of aliphatic hydroxyl groups is 1. The van der Waals surface area contributed by atoms with Crippen LogP contribution < -0.4 is 0 Å². The van der Waals surface area contributed by atoms with Gasteiger partial charge in [-0.15, -0.1) is 0 Å². The van der Waals surface area contributed by atoms with Crippen molar-refractivity contribution in [2.24, 2.45) is 0 Å². The molecule has 5 nitrogen and oxygen atoms in total. The third-order valence-electron chi connectivity index (χ3n) is 1.94. The Labute approximate surface area is 78.6 Å². The van der Waals surface area contributed by atoms with Crippen LogP contribution in [-0.2, 0) is 4.79 Å². The van der Waals surface area contributed by atoms with Crippen molar-refractivity contribution in [3.05, 3.63) is 30.0 Å². The highest BCUT2D eigenvalue weighted by Crippen LogP contribution is 2.23. The molecule has 0 radical (unpaired) electrons. The fraction of sp³-hybridized carbons (Fsp3) is 0.111. The molecule has 1 heterocycles. The SMILES string of the molecule is O=C(O)C(O)c1cccc2cnoc12. The van der Waals surface area contributed by atoms with E-state index < -0.39 is 12.1 Å². The van der Waals surface area contributed by atoms with Gasteiger partial charge in [0.15, 0.2) is 11.7 Å². The first-order valence-corrected chi connectivity index (χ1v) is 3.94. The van der Waals surface area contributed by atoms with E-state index in [2.05, 4.69) is 5.16 Å². The molecule has 0 bridgehead atoms. The van der Waals surface area contributed by atoms with Gasteiger partial charge in [0.1, 0.15) is 0 Å². The number of carboxylic acid groups (broad SMARTS) is 1. The number of aliphatic carboxylic acids is 1. The van der Waals surface area contributed by atoms with E-state index in [0.29, 0.717) is 11.0 Å². The summed E-state index contributed by atoms with van der Waals surface area (Å²) >= 11 is 0. The summed E-state index contributed by atoms with van der Waals surface area (Å²) in [5.74, 6) is -1.31. The first-order valence-electron chi connectivity index (χ1n) is 3.94. The van der Waals surface area contributed by atoms with E-state index in [9.17, 15) is 9.90 Å². The molecular weight excluding hydrogens is 186 g/mol. The van der Waals surface area contributed by atoms with Gasteiger partial charge in [-0.3, -0.25) is 0 Å². The van der Waals surface area contributed by atoms with Crippen molar-refractivity contribution in [2.45, 2.75) is 6.10 Å². The van der Waals surface area contributed by atoms with Crippen LogP contribution in [0.2, 0.25) is 0 Å². The summed E-state index contributed by atoms with van der Waals surface area (Å²) in [6.07, 6.45) is -0.111. The van der Waals surface area contributed by atoms with Crippen LogP contribution in [0.1, 0.15) is 11.7 Å². The molecule has 0 aliphatic heterocycles. The van der Waals surface area contributed by atoms with Crippen LogP contribution in [0.4, 0.5) is 0 Å². The summed E-state index contributed by atoms with van der Waals surface area (Å²) in [6.45, 7) is 0. The van der Waals surface area contributed by atoms with Gasteiger partial charge in [-0.2, -0.15) is 0 Å². The molecule has 0 saturated carbocycles. The van der Waals surface area contributed by atoms with E-state index >= 15 is 0 Å². The number of fused-ring (bicyclic) bond motifs is 1. The molecule has 0 fully saturated rings. The summed E-state index contributed by atoms with van der Waals surface area (Å²) in [4.78, 5) is 10.6. The number of rotatable bonds is 2. The fourth-order valence-corrected chi connectivity index (χ4v) is 1.26. The number of aliphatic hydroxyl groups excluding tert-OH is 1. The Morgan fingerprint density at radius 3 is 3.00 bits per heavy atom. The number of benzene rings is 1. The Morgan fingerprint density at radius 1 is 1.50 bits per heavy atom. The second-order valence-corrected chi connectivity index (χ2v) is 2.83. The standard InChI is InChI=1S/C9H7NO4/c11-7(9(12)13)6-3-1-2-5-4-10-14-8(5)6/h1-4,7,11H,(H,12,13). The molecule has 2 rings (SSSR count). The third-order valence-corrected chi connectivity index (χ3v) is 1.94. The second kappa shape index (κ2) is 3.12. The molecule has 2 aromatic rings. The van der Waals surface area contributed by atoms with E-state index in [0.717, 1.165) is 0 Å². The van der Waals surface area contributed by atoms with Crippen LogP contribution in [0, 0.1) is 0 Å². The fourth-order valence-electron chi connectivity index (χ4n) is 1.26. The van der Waals surface area contributed by atoms with Crippen molar-refractivity contribution in [3.8, 4) is 0 Å². The molecule has 2 N–H and O–H groups in total. The van der Waals surface area contributed by atoms with E-state index in [4.69, 9.17) is 9.63 Å². The van der Waals surface area contributed by atoms with Gasteiger partial charge in [0, 0.05) is 10.9 Å². The van der Waals surface area contributed by atoms with Crippen molar-refractivity contribution in [1.29, 1.82) is 0 Å². The lowest BCUT2D eigenvalue weighted by molar-refractivity contribution is -0.146. The predicted molar refractivity (Wildman–Crippen MR) is 46.6 cm³/mol. The van der Waals surface area contributed by atoms with E-state index in [1.807, 2.05) is 0 Å². The zero-order valence-electron chi connectivity index (χ0n) is 7.04. The van der Waals surface area contributed by atoms with Gasteiger partial charge in [-0.05, 0) is 6.07 Å². The Balaban J connectivity index is 2.61. The smallest absolute Gasteiger partial charge is 0.337 e. The molecule has 1 aromatic carbocycles. The molecule has 1 unspecified atom stereocenters. The van der Waals surface area contributed by atoms with Gasteiger partial charge < -0.3 is 14.7 Å². The Kier molecular flexibility index (Phi) is 1.94. The summed E-state index contributed by atoms with van der Waals surface area (Å²) in [5.41, 5.74) is 0.523. The lowest BCUT2D eigenvalue weighted by Crippen LogP contribution is -2.10. The summed E-state index contributed by atoms with van der Waals surface area (Å²) < 4.78 is 4.85. The molecule has 0 aliphatic carbocycles. The van der Waals surface area contributed by atoms with Crippen molar-refractivity contribution in [3.63, 3.8) is 0 Å². The lowest BCUT2D eigenvalue weighted by Gasteiger charge is -2.04. The number of carboxylic acids is 1. The van der Waals surface area contributed by atoms with Gasteiger partial charge in [0.25, 0.3) is 0 Å². The van der Waals surface area contributed by atoms with Crippen molar-refractivity contribution >= 4 is 16.9 Å². The molecule has 1 atom stereocenters. The topological polar surface area (TPSA) is 83.6 Å². The number of para-hydroxylation sites is 1. The van der Waals surface area contributed by atoms with Crippen LogP contribution >= 0.6 is 0 Å². The molecule has 0 saturated heterocycles. The highest BCUT2D eigenvalue weighted by atomic mass is 16.5. The number of nitrogens with zero attached hydrogens (tertiary/aromatic N) is 1. The minimum atomic E-state index is -1.58. The normalized spacial score (nSPS) is 12.9. The van der Waals surface area contributed by atoms with Gasteiger partial charge in [-0.25, -0.2) is 4.79 Å². The Bertz CT molecular complexity index is 476. The van der Waals surface area contributed by atoms with Crippen molar-refractivity contribution in [1.82, 2.24) is 5.16 Å². The Hall–Kier alpha value is -1.88. The Morgan fingerprint density at radius 2 is 2.29 bits per heavy atom. The molecular formula is C9H7NO4. The largest absolute Gasteiger partial charge is 0.479 e. The number of hydrogen-bond donors (Lipinski definition) is 2. The van der Waals surface area contributed by atoms with Crippen LogP contribution in [-0.4, -0.2) is 21.3 Å². The maximum absolute atomic E-state index is 10.6. The highest BCUT2D eigenvalue weighted by molar-refractivity contribution is 5.85. The molecule has 1 aromatic heterocycles. The minimum absolute atomic E-state index is 0.215. The van der Waals surface area contributed by atoms with Gasteiger partial charge in [-0.1, -0.05) is 17.3 Å². The molecule has 14 heavy (non-hydrogen) atoms. The monoisotopic (exact) mass is 193 g/mol. The van der Waals surface area contributed by atoms with E-state index in [1.165, 1.54) is 12.3 Å². The summed E-state index contributed by atoms with van der Waals surface area (Å²) in [7, 11) is 0. The first-order chi connectivity index (χ1) is 6.70. The molecule has 0 aliphatic rings. The molecule has 5 heteroatoms. The second-order valence-electron chi connectivity index (χ2n) is 2.83. The average molecular weight is 193 g/mol. The van der Waals surface area contributed by atoms with Gasteiger partial charge in [0.05, 0.1) is 6.20 Å². The lowest BCUT2D eigenvalue weighted by atomic mass is 10.1. The van der Waals surface area contributed by atoms with E-state index in [1.54, 1.807) is 12.1 Å². The third kappa shape index (κ3) is 1.23. The number of hydrogen-bond acceptors (Lipinski definition) is 4. The van der Waals surface area contributed by atoms with Crippen LogP contribution in [0.25, 0.3) is 11.0 Å². The summed E-state index contributed by atoms with van der Waals surface area (Å²) in [6, 6.07) is 4.86. The molecule has 72 valence electrons. The molecule has 0 spiro atoms. The van der Waals surface area contributed by atoms with Crippen molar-refractivity contribution in [2.75, 3.05) is 0 Å². The number of carbonyl (C=O) groups is 1. The zero-order chi connectivity index (χ0) is 10.1. The molecule has 0 amide bonds. The quantitative estimate of drug-likeness (QED) is 0.741. The average Bonchev–Trinajstić information content (AvgIpc) is 2.63. The maximum Gasteiger partial charge on any atom is 0.337 e. The van der Waals surface area contributed by atoms with Crippen LogP contribution in [0.15, 0.2) is 28.9 Å². The highest BCUT2D eigenvalue weighted by Gasteiger charge is 2.20. The van der Waals surface area contributed by atoms with Gasteiger partial charge in [0.2, 0.25) is 0 Å². The zero-order valence-corrected chi connectivity index (χ0v) is 7.04. The maximum atomic E-state index is 10.6. The van der Waals surface area contributed by atoms with E-state index in [-0.39, 0.29) is 5.56 Å². The van der Waals surface area contributed by atoms with Crippen molar-refractivity contribution < 1.29 is 19.5 Å². The van der Waals surface area contributed by atoms with Gasteiger partial charge >= 0.3 is 5.97 Å². The minimum Gasteiger partial charge on any atom is -0.479 e. The summed E-state index contributed by atoms with van der Waals surface area (Å²) in [5, 5.41) is 22.1. The van der Waals surface area contributed by atoms with Crippen LogP contribution in [0.3, 0.4) is 0 Å². The van der Waals surface area contributed by atoms with Crippen LogP contribution in [0.5, 0.6) is 0 Å². The number of aromatic nitrogens is 1. The first kappa shape index (κ1) is 8.71.